The van der Waals surface area contributed by atoms with Crippen molar-refractivity contribution in [3.63, 3.8) is 0 Å². The Labute approximate surface area is 126 Å². The molecule has 1 aromatic carbocycles. The van der Waals surface area contributed by atoms with Crippen molar-refractivity contribution >= 4 is 17.6 Å². The summed E-state index contributed by atoms with van der Waals surface area (Å²) >= 11 is 0. The summed E-state index contributed by atoms with van der Waals surface area (Å²) in [6.45, 7) is 6.88. The second kappa shape index (κ2) is 9.13. The molecule has 0 atom stereocenters. The first-order chi connectivity index (χ1) is 10.0. The van der Waals surface area contributed by atoms with Crippen LogP contribution in [0.15, 0.2) is 30.3 Å². The van der Waals surface area contributed by atoms with Crippen molar-refractivity contribution in [1.29, 1.82) is 0 Å². The molecule has 0 fully saturated rings. The number of benzene rings is 1. The van der Waals surface area contributed by atoms with Crippen molar-refractivity contribution in [2.24, 2.45) is 0 Å². The number of nitrogens with zero attached hydrogens (tertiary/aromatic N) is 1. The van der Waals surface area contributed by atoms with Crippen LogP contribution in [-0.2, 0) is 14.3 Å². The highest BCUT2D eigenvalue weighted by molar-refractivity contribution is 5.90. The minimum atomic E-state index is -0.255. The van der Waals surface area contributed by atoms with E-state index in [1.165, 1.54) is 0 Å². The zero-order valence-corrected chi connectivity index (χ0v) is 13.0. The zero-order chi connectivity index (χ0) is 15.7. The van der Waals surface area contributed by atoms with Crippen LogP contribution in [0.3, 0.4) is 0 Å². The van der Waals surface area contributed by atoms with Crippen LogP contribution in [0, 0.1) is 0 Å². The molecule has 1 aromatic rings. The Balaban J connectivity index is 2.42. The molecule has 0 radical (unpaired) electrons. The van der Waals surface area contributed by atoms with E-state index >= 15 is 0 Å². The van der Waals surface area contributed by atoms with E-state index in [4.69, 9.17) is 4.74 Å². The lowest BCUT2D eigenvalue weighted by Crippen LogP contribution is -2.38. The van der Waals surface area contributed by atoms with Gasteiger partial charge in [-0.2, -0.15) is 0 Å². The van der Waals surface area contributed by atoms with E-state index in [9.17, 15) is 9.59 Å². The third-order valence-corrected chi connectivity index (χ3v) is 3.05. The van der Waals surface area contributed by atoms with Crippen molar-refractivity contribution in [1.82, 2.24) is 4.90 Å². The second-order valence-electron chi connectivity index (χ2n) is 5.03. The summed E-state index contributed by atoms with van der Waals surface area (Å²) < 4.78 is 4.94. The number of ether oxygens (including phenoxy) is 1. The van der Waals surface area contributed by atoms with E-state index in [0.29, 0.717) is 19.6 Å². The number of hydrogen-bond acceptors (Lipinski definition) is 4. The van der Waals surface area contributed by atoms with Crippen molar-refractivity contribution in [3.05, 3.63) is 30.3 Å². The molecule has 1 N–H and O–H groups in total. The maximum Gasteiger partial charge on any atom is 0.320 e. The first kappa shape index (κ1) is 17.2. The van der Waals surface area contributed by atoms with Gasteiger partial charge in [-0.1, -0.05) is 18.2 Å². The molecule has 0 aliphatic carbocycles. The number of nitrogens with one attached hydrogen (secondary N) is 1. The van der Waals surface area contributed by atoms with Crippen LogP contribution in [0.5, 0.6) is 0 Å². The number of para-hydroxylation sites is 1. The lowest BCUT2D eigenvalue weighted by atomic mass is 10.2. The fraction of sp³-hybridized carbons (Fsp3) is 0.500. The van der Waals surface area contributed by atoms with E-state index in [1.807, 2.05) is 49.1 Å². The third-order valence-electron chi connectivity index (χ3n) is 3.05. The van der Waals surface area contributed by atoms with Crippen molar-refractivity contribution < 1.29 is 14.3 Å². The third kappa shape index (κ3) is 6.90. The summed E-state index contributed by atoms with van der Waals surface area (Å²) in [4.78, 5) is 25.4. The first-order valence-corrected chi connectivity index (χ1v) is 7.27. The molecule has 0 aliphatic heterocycles. The summed E-state index contributed by atoms with van der Waals surface area (Å²) in [6, 6.07) is 9.51. The number of esters is 1. The molecule has 0 aliphatic rings. The molecule has 0 spiro atoms. The maximum atomic E-state index is 11.9. The van der Waals surface area contributed by atoms with E-state index in [2.05, 4.69) is 5.32 Å². The average Bonchev–Trinajstić information content (AvgIpc) is 2.44. The summed E-state index contributed by atoms with van der Waals surface area (Å²) in [7, 11) is 0. The molecular formula is C16H24N2O3. The van der Waals surface area contributed by atoms with E-state index < -0.39 is 0 Å². The van der Waals surface area contributed by atoms with Gasteiger partial charge >= 0.3 is 5.97 Å². The summed E-state index contributed by atoms with van der Waals surface area (Å²) in [6.07, 6.45) is 0.340. The Morgan fingerprint density at radius 1 is 1.24 bits per heavy atom. The molecule has 0 unspecified atom stereocenters. The minimum Gasteiger partial charge on any atom is -0.465 e. The van der Waals surface area contributed by atoms with Crippen LogP contribution < -0.4 is 5.32 Å². The number of amides is 1. The number of carbonyl (C=O) groups excluding carboxylic acids is 2. The van der Waals surface area contributed by atoms with Crippen LogP contribution in [0.25, 0.3) is 0 Å². The molecule has 116 valence electrons. The van der Waals surface area contributed by atoms with Gasteiger partial charge in [0.25, 0.3) is 0 Å². The molecule has 0 heterocycles. The Kier molecular flexibility index (Phi) is 7.46. The molecule has 5 heteroatoms. The van der Waals surface area contributed by atoms with Crippen LogP contribution in [0.1, 0.15) is 27.2 Å². The summed E-state index contributed by atoms with van der Waals surface area (Å²) in [5.41, 5.74) is 0.781. The number of carbonyl (C=O) groups is 2. The Hall–Kier alpha value is -1.88. The molecule has 0 saturated heterocycles. The fourth-order valence-electron chi connectivity index (χ4n) is 1.88. The average molecular weight is 292 g/mol. The Morgan fingerprint density at radius 2 is 1.90 bits per heavy atom. The topological polar surface area (TPSA) is 58.6 Å². The van der Waals surface area contributed by atoms with Gasteiger partial charge < -0.3 is 10.1 Å². The van der Waals surface area contributed by atoms with Crippen LogP contribution >= 0.6 is 0 Å². The summed E-state index contributed by atoms with van der Waals surface area (Å²) in [5, 5.41) is 2.83. The molecule has 1 amide bonds. The molecule has 0 aromatic heterocycles. The predicted molar refractivity (Wildman–Crippen MR) is 83.0 cm³/mol. The molecule has 0 bridgehead atoms. The van der Waals surface area contributed by atoms with Crippen molar-refractivity contribution in [2.75, 3.05) is 25.0 Å². The number of rotatable bonds is 8. The smallest absolute Gasteiger partial charge is 0.320 e. The fourth-order valence-corrected chi connectivity index (χ4v) is 1.88. The molecule has 21 heavy (non-hydrogen) atoms. The quantitative estimate of drug-likeness (QED) is 0.747. The van der Waals surface area contributed by atoms with Gasteiger partial charge in [-0.25, -0.2) is 0 Å². The molecular weight excluding hydrogens is 268 g/mol. The predicted octanol–water partition coefficient (Wildman–Crippen LogP) is 2.29. The van der Waals surface area contributed by atoms with Crippen LogP contribution in [-0.4, -0.2) is 42.5 Å². The highest BCUT2D eigenvalue weighted by Gasteiger charge is 2.16. The van der Waals surface area contributed by atoms with Gasteiger partial charge in [0.2, 0.25) is 5.91 Å². The lowest BCUT2D eigenvalue weighted by Gasteiger charge is -2.24. The van der Waals surface area contributed by atoms with Crippen molar-refractivity contribution in [3.8, 4) is 0 Å². The monoisotopic (exact) mass is 292 g/mol. The molecule has 1 rings (SSSR count). The van der Waals surface area contributed by atoms with Gasteiger partial charge in [-0.3, -0.25) is 14.5 Å². The first-order valence-electron chi connectivity index (χ1n) is 7.27. The van der Waals surface area contributed by atoms with Gasteiger partial charge in [-0.15, -0.1) is 0 Å². The minimum absolute atomic E-state index is 0.0595. The summed E-state index contributed by atoms with van der Waals surface area (Å²) in [5.74, 6) is -0.314. The van der Waals surface area contributed by atoms with Gasteiger partial charge in [0, 0.05) is 24.7 Å². The SMILES string of the molecule is CCOC(=O)CN(CCC(=O)Nc1ccccc1)C(C)C. The van der Waals surface area contributed by atoms with Gasteiger partial charge in [0.1, 0.15) is 0 Å². The van der Waals surface area contributed by atoms with Crippen molar-refractivity contribution in [2.45, 2.75) is 33.2 Å². The maximum absolute atomic E-state index is 11.9. The highest BCUT2D eigenvalue weighted by atomic mass is 16.5. The van der Waals surface area contributed by atoms with Gasteiger partial charge in [0.15, 0.2) is 0 Å². The lowest BCUT2D eigenvalue weighted by molar-refractivity contribution is -0.145. The number of hydrogen-bond donors (Lipinski definition) is 1. The second-order valence-corrected chi connectivity index (χ2v) is 5.03. The largest absolute Gasteiger partial charge is 0.465 e. The standard InChI is InChI=1S/C16H24N2O3/c1-4-21-16(20)12-18(13(2)3)11-10-15(19)17-14-8-6-5-7-9-14/h5-9,13H,4,10-12H2,1-3H3,(H,17,19). The Morgan fingerprint density at radius 3 is 2.48 bits per heavy atom. The molecule has 0 saturated carbocycles. The highest BCUT2D eigenvalue weighted by Crippen LogP contribution is 2.06. The van der Waals surface area contributed by atoms with E-state index in [-0.39, 0.29) is 24.5 Å². The van der Waals surface area contributed by atoms with Gasteiger partial charge in [-0.05, 0) is 32.9 Å². The Bertz CT molecular complexity index is 446. The van der Waals surface area contributed by atoms with E-state index in [1.54, 1.807) is 6.92 Å². The van der Waals surface area contributed by atoms with E-state index in [0.717, 1.165) is 5.69 Å². The van der Waals surface area contributed by atoms with Gasteiger partial charge in [0.05, 0.1) is 13.2 Å². The zero-order valence-electron chi connectivity index (χ0n) is 13.0. The molecule has 5 nitrogen and oxygen atoms in total. The van der Waals surface area contributed by atoms with Crippen LogP contribution in [0.4, 0.5) is 5.69 Å². The number of anilines is 1. The normalized spacial score (nSPS) is 10.7. The van der Waals surface area contributed by atoms with Crippen LogP contribution in [0.2, 0.25) is 0 Å².